The third kappa shape index (κ3) is 3.31. The molecule has 4 nitrogen and oxygen atoms in total. The summed E-state index contributed by atoms with van der Waals surface area (Å²) in [6.07, 6.45) is 6.00. The molecule has 0 spiro atoms. The number of nitrogens with one attached hydrogen (secondary N) is 1. The Bertz CT molecular complexity index is 1260. The first-order chi connectivity index (χ1) is 15.2. The fourth-order valence-electron chi connectivity index (χ4n) is 4.78. The first-order valence-corrected chi connectivity index (χ1v) is 11.1. The second-order valence-electron chi connectivity index (χ2n) is 9.63. The molecule has 0 saturated heterocycles. The van der Waals surface area contributed by atoms with Gasteiger partial charge in [0.15, 0.2) is 0 Å². The summed E-state index contributed by atoms with van der Waals surface area (Å²) in [5.74, 6) is 0.918. The molecule has 0 saturated carbocycles. The van der Waals surface area contributed by atoms with E-state index in [9.17, 15) is 0 Å². The Balaban J connectivity index is 1.79. The van der Waals surface area contributed by atoms with Crippen molar-refractivity contribution >= 4 is 22.9 Å². The summed E-state index contributed by atoms with van der Waals surface area (Å²) in [4.78, 5) is 7.01. The van der Waals surface area contributed by atoms with E-state index in [-0.39, 0.29) is 11.5 Å². The van der Waals surface area contributed by atoms with Crippen molar-refractivity contribution in [2.45, 2.75) is 32.2 Å². The molecular formula is C28H29N3O. The lowest BCUT2D eigenvalue weighted by Crippen LogP contribution is -2.18. The fourth-order valence-corrected chi connectivity index (χ4v) is 4.78. The van der Waals surface area contributed by atoms with Crippen LogP contribution in [0.25, 0.3) is 5.57 Å². The highest BCUT2D eigenvalue weighted by Crippen LogP contribution is 2.48. The molecule has 162 valence electrons. The molecule has 0 bridgehead atoms. The molecule has 2 aromatic rings. The van der Waals surface area contributed by atoms with E-state index in [1.807, 2.05) is 18.2 Å². The van der Waals surface area contributed by atoms with Crippen molar-refractivity contribution in [2.75, 3.05) is 25.6 Å². The van der Waals surface area contributed by atoms with Gasteiger partial charge in [-0.1, -0.05) is 37.3 Å². The largest absolute Gasteiger partial charge is 0.475 e. The normalized spacial score (nSPS) is 20.9. The van der Waals surface area contributed by atoms with Gasteiger partial charge in [0.1, 0.15) is 6.61 Å². The fraction of sp³-hybridized carbons (Fsp3) is 0.286. The molecule has 1 unspecified atom stereocenters. The number of benzene rings is 2. The summed E-state index contributed by atoms with van der Waals surface area (Å²) < 4.78 is 6.05. The highest BCUT2D eigenvalue weighted by Gasteiger charge is 2.33. The highest BCUT2D eigenvalue weighted by molar-refractivity contribution is 6.09. The number of aliphatic imine (C=N–C) groups is 1. The van der Waals surface area contributed by atoms with Crippen LogP contribution >= 0.6 is 0 Å². The number of allylic oxidation sites excluding steroid dienone is 5. The Morgan fingerprint density at radius 2 is 1.78 bits per heavy atom. The van der Waals surface area contributed by atoms with Crippen molar-refractivity contribution in [1.29, 1.82) is 5.41 Å². The summed E-state index contributed by atoms with van der Waals surface area (Å²) in [7, 11) is 4.14. The number of fused-ring (bicyclic) bond motifs is 2. The average molecular weight is 424 g/mol. The Labute approximate surface area is 190 Å². The Morgan fingerprint density at radius 1 is 1.03 bits per heavy atom. The van der Waals surface area contributed by atoms with E-state index in [4.69, 9.17) is 15.1 Å². The van der Waals surface area contributed by atoms with Gasteiger partial charge >= 0.3 is 0 Å². The Morgan fingerprint density at radius 3 is 2.47 bits per heavy atom. The molecule has 0 radical (unpaired) electrons. The van der Waals surface area contributed by atoms with E-state index in [2.05, 4.69) is 82.2 Å². The smallest absolute Gasteiger partial charge is 0.217 e. The van der Waals surface area contributed by atoms with Gasteiger partial charge in [-0.15, -0.1) is 0 Å². The molecule has 1 atom stereocenters. The molecule has 1 N–H and O–H groups in total. The number of nitrogens with zero attached hydrogens (tertiary/aromatic N) is 2. The lowest BCUT2D eigenvalue weighted by molar-refractivity contribution is 0.279. The average Bonchev–Trinajstić information content (AvgIpc) is 3.14. The van der Waals surface area contributed by atoms with E-state index >= 15 is 0 Å². The lowest BCUT2D eigenvalue weighted by Gasteiger charge is -2.33. The minimum Gasteiger partial charge on any atom is -0.475 e. The van der Waals surface area contributed by atoms with Crippen LogP contribution in [0.5, 0.6) is 0 Å². The van der Waals surface area contributed by atoms with E-state index < -0.39 is 0 Å². The predicted molar refractivity (Wildman–Crippen MR) is 133 cm³/mol. The van der Waals surface area contributed by atoms with Gasteiger partial charge in [-0.2, -0.15) is 0 Å². The van der Waals surface area contributed by atoms with E-state index in [0.29, 0.717) is 18.2 Å². The molecule has 1 aliphatic heterocycles. The summed E-state index contributed by atoms with van der Waals surface area (Å²) in [6, 6.07) is 15.1. The molecule has 3 aliphatic rings. The Hall–Kier alpha value is -3.40. The quantitative estimate of drug-likeness (QED) is 0.684. The van der Waals surface area contributed by atoms with Gasteiger partial charge in [-0.05, 0) is 77.6 Å². The Kier molecular flexibility index (Phi) is 4.70. The zero-order chi connectivity index (χ0) is 22.6. The number of hydrogen-bond acceptors (Lipinski definition) is 4. The standard InChI is InChI=1S/C28H29N3O/c1-17-24-14-18(29)10-12-21(24)26(22-13-11-19(31(4)5)15-25(17)22)20-8-6-7-9-23(20)27-30-28(2,3)16-32-27/h6-15,17,29H,16H2,1-5H3. The maximum Gasteiger partial charge on any atom is 0.217 e. The van der Waals surface area contributed by atoms with Crippen LogP contribution in [0.2, 0.25) is 0 Å². The highest BCUT2D eigenvalue weighted by atomic mass is 16.5. The SMILES string of the molecule is CC1C2=CC(=N)C=CC2=C(c2ccccc2C2=NC(C)(C)CO2)c2ccc(N(C)C)cc21. The van der Waals surface area contributed by atoms with Crippen LogP contribution in [0.4, 0.5) is 5.69 Å². The van der Waals surface area contributed by atoms with Crippen molar-refractivity contribution in [1.82, 2.24) is 0 Å². The number of anilines is 1. The van der Waals surface area contributed by atoms with Crippen LogP contribution in [0, 0.1) is 5.41 Å². The molecule has 4 heteroatoms. The first-order valence-electron chi connectivity index (χ1n) is 11.1. The van der Waals surface area contributed by atoms with E-state index in [1.54, 1.807) is 0 Å². The molecule has 2 aromatic carbocycles. The summed E-state index contributed by atoms with van der Waals surface area (Å²) in [6.45, 7) is 7.03. The molecule has 1 heterocycles. The van der Waals surface area contributed by atoms with Gasteiger partial charge < -0.3 is 15.0 Å². The van der Waals surface area contributed by atoms with Gasteiger partial charge in [0.2, 0.25) is 5.90 Å². The number of hydrogen-bond donors (Lipinski definition) is 1. The van der Waals surface area contributed by atoms with Crippen molar-refractivity contribution in [3.8, 4) is 0 Å². The molecule has 2 aliphatic carbocycles. The summed E-state index contributed by atoms with van der Waals surface area (Å²) in [5.41, 5.74) is 9.73. The van der Waals surface area contributed by atoms with Crippen molar-refractivity contribution in [3.63, 3.8) is 0 Å². The minimum absolute atomic E-state index is 0.208. The zero-order valence-corrected chi connectivity index (χ0v) is 19.4. The van der Waals surface area contributed by atoms with Crippen LogP contribution in [0.1, 0.15) is 48.9 Å². The summed E-state index contributed by atoms with van der Waals surface area (Å²) in [5, 5.41) is 8.26. The molecule has 0 aromatic heterocycles. The first kappa shape index (κ1) is 20.5. The van der Waals surface area contributed by atoms with Crippen LogP contribution in [0.15, 0.2) is 76.8 Å². The molecule has 0 amide bonds. The predicted octanol–water partition coefficient (Wildman–Crippen LogP) is 5.74. The topological polar surface area (TPSA) is 48.7 Å². The minimum atomic E-state index is -0.218. The molecule has 32 heavy (non-hydrogen) atoms. The third-order valence-electron chi connectivity index (χ3n) is 6.47. The third-order valence-corrected chi connectivity index (χ3v) is 6.47. The van der Waals surface area contributed by atoms with Crippen LogP contribution in [0.3, 0.4) is 0 Å². The van der Waals surface area contributed by atoms with Crippen molar-refractivity contribution in [3.05, 3.63) is 94.1 Å². The van der Waals surface area contributed by atoms with Crippen LogP contribution < -0.4 is 4.90 Å². The van der Waals surface area contributed by atoms with E-state index in [1.165, 1.54) is 33.5 Å². The van der Waals surface area contributed by atoms with Gasteiger partial charge in [0, 0.05) is 31.3 Å². The van der Waals surface area contributed by atoms with Crippen LogP contribution in [-0.4, -0.2) is 37.9 Å². The molecule has 5 rings (SSSR count). The van der Waals surface area contributed by atoms with Crippen molar-refractivity contribution < 1.29 is 4.74 Å². The monoisotopic (exact) mass is 423 g/mol. The van der Waals surface area contributed by atoms with Gasteiger partial charge in [0.05, 0.1) is 11.3 Å². The van der Waals surface area contributed by atoms with E-state index in [0.717, 1.165) is 11.1 Å². The second kappa shape index (κ2) is 7.33. The maximum absolute atomic E-state index is 8.26. The number of ether oxygens (including phenoxy) is 1. The zero-order valence-electron chi connectivity index (χ0n) is 19.4. The van der Waals surface area contributed by atoms with Crippen molar-refractivity contribution in [2.24, 2.45) is 4.99 Å². The molecule has 0 fully saturated rings. The van der Waals surface area contributed by atoms with Gasteiger partial charge in [0.25, 0.3) is 0 Å². The van der Waals surface area contributed by atoms with Gasteiger partial charge in [-0.25, -0.2) is 4.99 Å². The molecular weight excluding hydrogens is 394 g/mol. The van der Waals surface area contributed by atoms with Gasteiger partial charge in [-0.3, -0.25) is 0 Å². The second-order valence-corrected chi connectivity index (χ2v) is 9.63. The lowest BCUT2D eigenvalue weighted by atomic mass is 9.71. The summed E-state index contributed by atoms with van der Waals surface area (Å²) >= 11 is 0. The maximum atomic E-state index is 8.26. The van der Waals surface area contributed by atoms with Crippen LogP contribution in [-0.2, 0) is 4.74 Å². The number of rotatable bonds is 3.